The van der Waals surface area contributed by atoms with E-state index in [0.717, 1.165) is 36.1 Å². The highest BCUT2D eigenvalue weighted by Gasteiger charge is 2.39. The second-order valence-electron chi connectivity index (χ2n) is 6.38. The Morgan fingerprint density at radius 2 is 1.96 bits per heavy atom. The van der Waals surface area contributed by atoms with Crippen molar-refractivity contribution in [2.24, 2.45) is 5.73 Å². The van der Waals surface area contributed by atoms with Crippen LogP contribution < -0.4 is 10.5 Å². The number of benzene rings is 2. The summed E-state index contributed by atoms with van der Waals surface area (Å²) >= 11 is 5.89. The first-order valence-corrected chi connectivity index (χ1v) is 8.61. The monoisotopic (exact) mass is 355 g/mol. The van der Waals surface area contributed by atoms with Crippen LogP contribution in [0.15, 0.2) is 53.1 Å². The van der Waals surface area contributed by atoms with Crippen molar-refractivity contribution >= 4 is 11.6 Å². The number of hydrogen-bond donors (Lipinski definition) is 1. The van der Waals surface area contributed by atoms with E-state index >= 15 is 0 Å². The van der Waals surface area contributed by atoms with Crippen molar-refractivity contribution in [2.45, 2.75) is 31.4 Å². The molecular formula is C19H18ClN3O2. The van der Waals surface area contributed by atoms with Crippen LogP contribution in [0.25, 0.3) is 11.5 Å². The smallest absolute Gasteiger partial charge is 0.258 e. The zero-order chi connectivity index (χ0) is 17.3. The molecule has 2 aromatic carbocycles. The standard InChI is InChI=1S/C19H18ClN3O2/c20-15-7-5-13(6-8-15)12-24-16-4-1-3-14(11-16)17-22-18(23-25-17)19(21)9-2-10-19/h1,3-8,11H,2,9-10,12,21H2. The highest BCUT2D eigenvalue weighted by molar-refractivity contribution is 6.30. The number of aromatic nitrogens is 2. The van der Waals surface area contributed by atoms with E-state index in [1.54, 1.807) is 0 Å². The first kappa shape index (κ1) is 16.1. The van der Waals surface area contributed by atoms with Crippen molar-refractivity contribution in [1.82, 2.24) is 10.1 Å². The van der Waals surface area contributed by atoms with Gasteiger partial charge in [0.1, 0.15) is 12.4 Å². The third kappa shape index (κ3) is 3.38. The van der Waals surface area contributed by atoms with Gasteiger partial charge in [-0.3, -0.25) is 0 Å². The van der Waals surface area contributed by atoms with Crippen LogP contribution in [0.3, 0.4) is 0 Å². The predicted molar refractivity (Wildman–Crippen MR) is 95.2 cm³/mol. The van der Waals surface area contributed by atoms with E-state index in [2.05, 4.69) is 10.1 Å². The molecule has 6 heteroatoms. The van der Waals surface area contributed by atoms with E-state index in [0.29, 0.717) is 23.3 Å². The summed E-state index contributed by atoms with van der Waals surface area (Å²) in [5.74, 6) is 1.78. The van der Waals surface area contributed by atoms with Gasteiger partial charge in [0.05, 0.1) is 5.54 Å². The van der Waals surface area contributed by atoms with Crippen LogP contribution in [0.2, 0.25) is 5.02 Å². The van der Waals surface area contributed by atoms with E-state index < -0.39 is 5.54 Å². The van der Waals surface area contributed by atoms with E-state index in [9.17, 15) is 0 Å². The van der Waals surface area contributed by atoms with Gasteiger partial charge in [0.15, 0.2) is 5.82 Å². The van der Waals surface area contributed by atoms with E-state index in [1.165, 1.54) is 0 Å². The lowest BCUT2D eigenvalue weighted by atomic mass is 9.77. The Labute approximate surface area is 150 Å². The summed E-state index contributed by atoms with van der Waals surface area (Å²) in [5, 5.41) is 4.76. The maximum absolute atomic E-state index is 6.25. The highest BCUT2D eigenvalue weighted by atomic mass is 35.5. The van der Waals surface area contributed by atoms with Gasteiger partial charge in [-0.1, -0.05) is 35.0 Å². The first-order valence-electron chi connectivity index (χ1n) is 8.23. The van der Waals surface area contributed by atoms with Crippen molar-refractivity contribution in [3.8, 4) is 17.2 Å². The predicted octanol–water partition coefficient (Wildman–Crippen LogP) is 4.31. The minimum atomic E-state index is -0.426. The van der Waals surface area contributed by atoms with E-state index in [-0.39, 0.29) is 0 Å². The number of halogens is 1. The third-order valence-electron chi connectivity index (χ3n) is 4.52. The zero-order valence-corrected chi connectivity index (χ0v) is 14.4. The third-order valence-corrected chi connectivity index (χ3v) is 4.77. The fourth-order valence-corrected chi connectivity index (χ4v) is 2.92. The molecule has 1 aliphatic carbocycles. The zero-order valence-electron chi connectivity index (χ0n) is 13.6. The lowest BCUT2D eigenvalue weighted by Crippen LogP contribution is -2.44. The normalized spacial score (nSPS) is 15.6. The minimum Gasteiger partial charge on any atom is -0.489 e. The van der Waals surface area contributed by atoms with Crippen molar-refractivity contribution in [2.75, 3.05) is 0 Å². The van der Waals surface area contributed by atoms with Crippen LogP contribution in [0.1, 0.15) is 30.7 Å². The average Bonchev–Trinajstić information content (AvgIpc) is 3.10. The molecule has 1 aliphatic rings. The molecule has 2 N–H and O–H groups in total. The van der Waals surface area contributed by atoms with Gasteiger partial charge in [0.25, 0.3) is 5.89 Å². The molecule has 1 aromatic heterocycles. The Morgan fingerprint density at radius 3 is 2.68 bits per heavy atom. The number of nitrogens with two attached hydrogens (primary N) is 1. The Morgan fingerprint density at radius 1 is 1.16 bits per heavy atom. The van der Waals surface area contributed by atoms with Gasteiger partial charge in [0, 0.05) is 10.6 Å². The molecule has 5 nitrogen and oxygen atoms in total. The van der Waals surface area contributed by atoms with Gasteiger partial charge in [-0.05, 0) is 55.2 Å². The van der Waals surface area contributed by atoms with Crippen molar-refractivity contribution in [3.05, 3.63) is 64.9 Å². The summed E-state index contributed by atoms with van der Waals surface area (Å²) in [7, 11) is 0. The summed E-state index contributed by atoms with van der Waals surface area (Å²) in [6.07, 6.45) is 2.90. The van der Waals surface area contributed by atoms with Crippen LogP contribution in [-0.4, -0.2) is 10.1 Å². The fourth-order valence-electron chi connectivity index (χ4n) is 2.79. The molecule has 0 aliphatic heterocycles. The molecule has 0 radical (unpaired) electrons. The van der Waals surface area contributed by atoms with Crippen molar-refractivity contribution in [1.29, 1.82) is 0 Å². The molecule has 3 aromatic rings. The lowest BCUT2D eigenvalue weighted by Gasteiger charge is -2.34. The summed E-state index contributed by atoms with van der Waals surface area (Å²) < 4.78 is 11.2. The van der Waals surface area contributed by atoms with Gasteiger partial charge >= 0.3 is 0 Å². The second kappa shape index (κ2) is 6.50. The Bertz CT molecular complexity index is 872. The molecule has 0 saturated heterocycles. The lowest BCUT2D eigenvalue weighted by molar-refractivity contribution is 0.229. The van der Waals surface area contributed by atoms with Crippen LogP contribution in [-0.2, 0) is 12.1 Å². The minimum absolute atomic E-state index is 0.426. The molecule has 1 fully saturated rings. The fraction of sp³-hybridized carbons (Fsp3) is 0.263. The molecule has 0 bridgehead atoms. The van der Waals surface area contributed by atoms with Crippen LogP contribution >= 0.6 is 11.6 Å². The van der Waals surface area contributed by atoms with Gasteiger partial charge in [-0.2, -0.15) is 4.98 Å². The topological polar surface area (TPSA) is 74.2 Å². The van der Waals surface area contributed by atoms with Gasteiger partial charge in [-0.15, -0.1) is 0 Å². The number of ether oxygens (including phenoxy) is 1. The molecule has 25 heavy (non-hydrogen) atoms. The Kier molecular flexibility index (Phi) is 4.19. The molecule has 1 saturated carbocycles. The summed E-state index contributed by atoms with van der Waals surface area (Å²) in [6.45, 7) is 0.460. The van der Waals surface area contributed by atoms with Crippen molar-refractivity contribution in [3.63, 3.8) is 0 Å². The quantitative estimate of drug-likeness (QED) is 0.738. The van der Waals surface area contributed by atoms with E-state index in [1.807, 2.05) is 48.5 Å². The van der Waals surface area contributed by atoms with Crippen LogP contribution in [0.4, 0.5) is 0 Å². The summed E-state index contributed by atoms with van der Waals surface area (Å²) in [4.78, 5) is 4.47. The summed E-state index contributed by atoms with van der Waals surface area (Å²) in [6, 6.07) is 15.2. The number of rotatable bonds is 5. The molecule has 128 valence electrons. The van der Waals surface area contributed by atoms with Crippen LogP contribution in [0.5, 0.6) is 5.75 Å². The maximum Gasteiger partial charge on any atom is 0.258 e. The molecule has 0 atom stereocenters. The van der Waals surface area contributed by atoms with Crippen LogP contribution in [0, 0.1) is 0 Å². The molecule has 0 unspecified atom stereocenters. The number of nitrogens with zero attached hydrogens (tertiary/aromatic N) is 2. The SMILES string of the molecule is NC1(c2noc(-c3cccc(OCc4ccc(Cl)cc4)c3)n2)CCC1. The van der Waals surface area contributed by atoms with Gasteiger partial charge < -0.3 is 15.0 Å². The molecular weight excluding hydrogens is 338 g/mol. The average molecular weight is 356 g/mol. The van der Waals surface area contributed by atoms with Gasteiger partial charge in [-0.25, -0.2) is 0 Å². The second-order valence-corrected chi connectivity index (χ2v) is 6.81. The summed E-state index contributed by atoms with van der Waals surface area (Å²) in [5.41, 5.74) is 7.68. The molecule has 4 rings (SSSR count). The van der Waals surface area contributed by atoms with Crippen molar-refractivity contribution < 1.29 is 9.26 Å². The largest absolute Gasteiger partial charge is 0.489 e. The number of hydrogen-bond acceptors (Lipinski definition) is 5. The highest BCUT2D eigenvalue weighted by Crippen LogP contribution is 2.37. The Hall–Kier alpha value is -2.37. The van der Waals surface area contributed by atoms with Gasteiger partial charge in [0.2, 0.25) is 0 Å². The molecule has 0 amide bonds. The first-order chi connectivity index (χ1) is 12.1. The Balaban J connectivity index is 1.48. The maximum atomic E-state index is 6.25. The molecule has 1 heterocycles. The van der Waals surface area contributed by atoms with E-state index in [4.69, 9.17) is 26.6 Å². The molecule has 0 spiro atoms.